The van der Waals surface area contributed by atoms with Crippen LogP contribution >= 0.6 is 38.9 Å². The molecule has 0 bridgehead atoms. The summed E-state index contributed by atoms with van der Waals surface area (Å²) in [4.78, 5) is 5.28. The van der Waals surface area contributed by atoms with Crippen LogP contribution < -0.4 is 5.73 Å². The van der Waals surface area contributed by atoms with Gasteiger partial charge in [0.15, 0.2) is 0 Å². The van der Waals surface area contributed by atoms with Crippen molar-refractivity contribution in [2.24, 2.45) is 0 Å². The first kappa shape index (κ1) is 12.7. The van der Waals surface area contributed by atoms with E-state index < -0.39 is 0 Å². The van der Waals surface area contributed by atoms with Crippen LogP contribution in [0.5, 0.6) is 0 Å². The third-order valence-electron chi connectivity index (χ3n) is 2.47. The second kappa shape index (κ2) is 4.96. The van der Waals surface area contributed by atoms with Gasteiger partial charge >= 0.3 is 0 Å². The molecule has 0 fully saturated rings. The van der Waals surface area contributed by atoms with Gasteiger partial charge in [0.05, 0.1) is 19.4 Å². The van der Waals surface area contributed by atoms with Crippen molar-refractivity contribution in [1.82, 2.24) is 10.1 Å². The molecule has 0 saturated carbocycles. The average molecular weight is 357 g/mol. The van der Waals surface area contributed by atoms with E-state index in [1.54, 1.807) is 29.5 Å². The molecule has 0 saturated heterocycles. The Morgan fingerprint density at radius 1 is 1.26 bits per heavy atom. The molecule has 7 heteroatoms. The minimum absolute atomic E-state index is 0.418. The number of hydrogen-bond acceptors (Lipinski definition) is 5. The zero-order valence-corrected chi connectivity index (χ0v) is 12.6. The fraction of sp³-hybridized carbons (Fsp3) is 0. The highest BCUT2D eigenvalue weighted by atomic mass is 79.9. The molecule has 0 atom stereocenters. The van der Waals surface area contributed by atoms with Gasteiger partial charge in [-0.2, -0.15) is 4.98 Å². The Morgan fingerprint density at radius 2 is 2.11 bits per heavy atom. The van der Waals surface area contributed by atoms with Crippen molar-refractivity contribution < 1.29 is 4.52 Å². The van der Waals surface area contributed by atoms with Gasteiger partial charge in [0.2, 0.25) is 5.82 Å². The Bertz CT molecular complexity index is 740. The number of nitrogens with two attached hydrogens (primary N) is 1. The van der Waals surface area contributed by atoms with E-state index in [2.05, 4.69) is 26.1 Å². The maximum atomic E-state index is 5.97. The molecule has 0 aliphatic carbocycles. The Kier molecular flexibility index (Phi) is 3.30. The van der Waals surface area contributed by atoms with Crippen LogP contribution in [-0.2, 0) is 0 Å². The van der Waals surface area contributed by atoms with Crippen molar-refractivity contribution in [3.8, 4) is 22.2 Å². The van der Waals surface area contributed by atoms with Crippen molar-refractivity contribution in [3.63, 3.8) is 0 Å². The maximum absolute atomic E-state index is 5.97. The van der Waals surface area contributed by atoms with Gasteiger partial charge in [-0.15, -0.1) is 11.3 Å². The maximum Gasteiger partial charge on any atom is 0.258 e. The van der Waals surface area contributed by atoms with E-state index in [0.29, 0.717) is 22.4 Å². The molecular weight excluding hydrogens is 350 g/mol. The van der Waals surface area contributed by atoms with Crippen LogP contribution in [0.3, 0.4) is 0 Å². The van der Waals surface area contributed by atoms with Crippen LogP contribution in [0.2, 0.25) is 5.02 Å². The van der Waals surface area contributed by atoms with Gasteiger partial charge < -0.3 is 10.3 Å². The fourth-order valence-electron chi connectivity index (χ4n) is 1.54. The van der Waals surface area contributed by atoms with Crippen molar-refractivity contribution in [2.45, 2.75) is 0 Å². The molecule has 19 heavy (non-hydrogen) atoms. The molecule has 4 nitrogen and oxygen atoms in total. The number of nitrogens with zero attached hydrogens (tertiary/aromatic N) is 2. The van der Waals surface area contributed by atoms with Gasteiger partial charge in [-0.25, -0.2) is 0 Å². The van der Waals surface area contributed by atoms with Crippen LogP contribution in [-0.4, -0.2) is 10.1 Å². The summed E-state index contributed by atoms with van der Waals surface area (Å²) < 4.78 is 6.26. The molecule has 0 aliphatic heterocycles. The molecule has 2 N–H and O–H groups in total. The third-order valence-corrected chi connectivity index (χ3v) is 4.41. The summed E-state index contributed by atoms with van der Waals surface area (Å²) in [5.74, 6) is 0.972. The number of aromatic nitrogens is 2. The largest absolute Gasteiger partial charge is 0.398 e. The molecule has 3 aromatic rings. The highest BCUT2D eigenvalue weighted by molar-refractivity contribution is 9.11. The minimum atomic E-state index is 0.418. The SMILES string of the molecule is Nc1ccc(-c2nc(-c3ccc(Br)s3)no2)cc1Cl. The molecule has 0 aliphatic rings. The molecule has 0 radical (unpaired) electrons. The lowest BCUT2D eigenvalue weighted by Gasteiger charge is -1.98. The number of halogens is 2. The first-order valence-electron chi connectivity index (χ1n) is 5.28. The molecular formula is C12H7BrClN3OS. The Morgan fingerprint density at radius 3 is 2.79 bits per heavy atom. The van der Waals surface area contributed by atoms with Crippen LogP contribution in [0.25, 0.3) is 22.2 Å². The molecule has 0 unspecified atom stereocenters. The van der Waals surface area contributed by atoms with Crippen molar-refractivity contribution in [1.29, 1.82) is 0 Å². The summed E-state index contributed by atoms with van der Waals surface area (Å²) in [5, 5.41) is 4.43. The highest BCUT2D eigenvalue weighted by Crippen LogP contribution is 2.31. The van der Waals surface area contributed by atoms with Crippen LogP contribution in [0, 0.1) is 0 Å². The van der Waals surface area contributed by atoms with Crippen LogP contribution in [0.1, 0.15) is 0 Å². The van der Waals surface area contributed by atoms with E-state index in [-0.39, 0.29) is 0 Å². The Hall–Kier alpha value is -1.37. The quantitative estimate of drug-likeness (QED) is 0.688. The molecule has 96 valence electrons. The summed E-state index contributed by atoms with van der Waals surface area (Å²) >= 11 is 10.9. The van der Waals surface area contributed by atoms with E-state index in [9.17, 15) is 0 Å². The van der Waals surface area contributed by atoms with Gasteiger partial charge in [0, 0.05) is 5.56 Å². The third kappa shape index (κ3) is 2.51. The molecule has 3 rings (SSSR count). The van der Waals surface area contributed by atoms with Gasteiger partial charge in [0.1, 0.15) is 0 Å². The van der Waals surface area contributed by atoms with E-state index >= 15 is 0 Å². The lowest BCUT2D eigenvalue weighted by atomic mass is 10.2. The zero-order chi connectivity index (χ0) is 13.4. The standard InChI is InChI=1S/C12H7BrClN3OS/c13-10-4-3-9(19-10)11-16-12(18-17-11)6-1-2-8(15)7(14)5-6/h1-5H,15H2. The minimum Gasteiger partial charge on any atom is -0.398 e. The number of rotatable bonds is 2. The van der Waals surface area contributed by atoms with Gasteiger partial charge in [-0.3, -0.25) is 0 Å². The van der Waals surface area contributed by atoms with Crippen LogP contribution in [0.4, 0.5) is 5.69 Å². The number of nitrogen functional groups attached to an aromatic ring is 1. The van der Waals surface area contributed by atoms with Gasteiger partial charge in [-0.05, 0) is 46.3 Å². The summed E-state index contributed by atoms with van der Waals surface area (Å²) in [6.07, 6.45) is 0. The van der Waals surface area contributed by atoms with Crippen molar-refractivity contribution in [2.75, 3.05) is 5.73 Å². The number of thiophene rings is 1. The normalized spacial score (nSPS) is 10.8. The van der Waals surface area contributed by atoms with E-state index in [1.165, 1.54) is 0 Å². The first-order valence-corrected chi connectivity index (χ1v) is 7.27. The lowest BCUT2D eigenvalue weighted by Crippen LogP contribution is -1.86. The second-order valence-corrected chi connectivity index (χ2v) is 6.63. The number of benzene rings is 1. The number of hydrogen-bond donors (Lipinski definition) is 1. The molecule has 1 aromatic carbocycles. The highest BCUT2D eigenvalue weighted by Gasteiger charge is 2.13. The van der Waals surface area contributed by atoms with E-state index in [0.717, 1.165) is 14.2 Å². The second-order valence-electron chi connectivity index (χ2n) is 3.76. The van der Waals surface area contributed by atoms with Gasteiger partial charge in [-0.1, -0.05) is 16.8 Å². The molecule has 0 amide bonds. The molecule has 0 spiro atoms. The average Bonchev–Trinajstić information content (AvgIpc) is 3.01. The fourth-order valence-corrected chi connectivity index (χ4v) is 3.03. The Labute approximate surface area is 126 Å². The van der Waals surface area contributed by atoms with Gasteiger partial charge in [0.25, 0.3) is 5.89 Å². The van der Waals surface area contributed by atoms with Crippen LogP contribution in [0.15, 0.2) is 38.6 Å². The lowest BCUT2D eigenvalue weighted by molar-refractivity contribution is 0.432. The van der Waals surface area contributed by atoms with E-state index in [1.807, 2.05) is 12.1 Å². The molecule has 2 heterocycles. The molecule has 2 aromatic heterocycles. The van der Waals surface area contributed by atoms with Crippen molar-refractivity contribution >= 4 is 44.6 Å². The topological polar surface area (TPSA) is 64.9 Å². The summed E-state index contributed by atoms with van der Waals surface area (Å²) in [6.45, 7) is 0. The first-order chi connectivity index (χ1) is 9.13. The Balaban J connectivity index is 1.98. The number of anilines is 1. The zero-order valence-electron chi connectivity index (χ0n) is 9.43. The predicted octanol–water partition coefficient (Wildman–Crippen LogP) is 4.46. The predicted molar refractivity (Wildman–Crippen MR) is 80.2 cm³/mol. The van der Waals surface area contributed by atoms with E-state index in [4.69, 9.17) is 21.9 Å². The monoisotopic (exact) mass is 355 g/mol. The summed E-state index contributed by atoms with van der Waals surface area (Å²) in [5.41, 5.74) is 6.93. The smallest absolute Gasteiger partial charge is 0.258 e. The van der Waals surface area contributed by atoms with Crippen molar-refractivity contribution in [3.05, 3.63) is 39.1 Å². The summed E-state index contributed by atoms with van der Waals surface area (Å²) in [6, 6.07) is 9.08. The summed E-state index contributed by atoms with van der Waals surface area (Å²) in [7, 11) is 0.